The highest BCUT2D eigenvalue weighted by Gasteiger charge is 2.08. The summed E-state index contributed by atoms with van der Waals surface area (Å²) in [5.41, 5.74) is 6.75. The number of rotatable bonds is 6. The van der Waals surface area contributed by atoms with E-state index in [2.05, 4.69) is 5.32 Å². The van der Waals surface area contributed by atoms with Crippen molar-refractivity contribution in [2.75, 3.05) is 13.7 Å². The highest BCUT2D eigenvalue weighted by molar-refractivity contribution is 6.30. The zero-order chi connectivity index (χ0) is 13.5. The van der Waals surface area contributed by atoms with Crippen molar-refractivity contribution in [2.45, 2.75) is 25.8 Å². The average molecular weight is 271 g/mol. The highest BCUT2D eigenvalue weighted by atomic mass is 35.5. The Morgan fingerprint density at radius 1 is 1.56 bits per heavy atom. The maximum absolute atomic E-state index is 11.1. The quantitative estimate of drug-likeness (QED) is 0.828. The first-order valence-electron chi connectivity index (χ1n) is 5.90. The lowest BCUT2D eigenvalue weighted by Gasteiger charge is -2.13. The molecule has 3 N–H and O–H groups in total. The van der Waals surface area contributed by atoms with Crippen LogP contribution in [-0.4, -0.2) is 25.6 Å². The number of hydrogen-bond donors (Lipinski definition) is 2. The van der Waals surface area contributed by atoms with Crippen LogP contribution in [0.5, 0.6) is 5.75 Å². The summed E-state index contributed by atoms with van der Waals surface area (Å²) in [6, 6.07) is 5.45. The van der Waals surface area contributed by atoms with Gasteiger partial charge >= 0.3 is 0 Å². The molecular formula is C13H19ClN2O2. The van der Waals surface area contributed by atoms with Crippen molar-refractivity contribution in [1.82, 2.24) is 5.32 Å². The Morgan fingerprint density at radius 2 is 2.28 bits per heavy atom. The maximum Gasteiger partial charge on any atom is 0.223 e. The summed E-state index contributed by atoms with van der Waals surface area (Å²) >= 11 is 5.95. The monoisotopic (exact) mass is 270 g/mol. The Bertz CT molecular complexity index is 408. The first-order chi connectivity index (χ1) is 8.52. The molecule has 1 unspecified atom stereocenters. The van der Waals surface area contributed by atoms with Crippen LogP contribution in [0.15, 0.2) is 18.2 Å². The minimum Gasteiger partial charge on any atom is -0.493 e. The lowest BCUT2D eigenvalue weighted by atomic mass is 10.1. The number of nitrogens with two attached hydrogens (primary N) is 1. The molecule has 4 nitrogen and oxygen atoms in total. The summed E-state index contributed by atoms with van der Waals surface area (Å²) in [7, 11) is 1.60. The van der Waals surface area contributed by atoms with Crippen LogP contribution < -0.4 is 15.8 Å². The van der Waals surface area contributed by atoms with Crippen LogP contribution in [0.2, 0.25) is 5.02 Å². The van der Waals surface area contributed by atoms with Crippen molar-refractivity contribution in [1.29, 1.82) is 0 Å². The van der Waals surface area contributed by atoms with E-state index < -0.39 is 0 Å². The first-order valence-corrected chi connectivity index (χ1v) is 6.28. The van der Waals surface area contributed by atoms with Gasteiger partial charge in [0, 0.05) is 18.1 Å². The summed E-state index contributed by atoms with van der Waals surface area (Å²) in [6.07, 6.45) is 1.02. The second-order valence-electron chi connectivity index (χ2n) is 4.21. The zero-order valence-electron chi connectivity index (χ0n) is 10.7. The standard InChI is InChI=1S/C13H19ClN2O2/c1-9(15)7-10-8-11(14)3-4-12(10)18-6-5-13(17)16-2/h3-4,8-9H,5-7,15H2,1-2H3,(H,16,17). The van der Waals surface area contributed by atoms with E-state index in [-0.39, 0.29) is 11.9 Å². The van der Waals surface area contributed by atoms with Crippen molar-refractivity contribution in [3.8, 4) is 5.75 Å². The Labute approximate surface area is 112 Å². The molecule has 1 aromatic rings. The number of hydrogen-bond acceptors (Lipinski definition) is 3. The fourth-order valence-corrected chi connectivity index (χ4v) is 1.77. The van der Waals surface area contributed by atoms with Gasteiger partial charge in [-0.3, -0.25) is 4.79 Å². The van der Waals surface area contributed by atoms with E-state index in [0.717, 1.165) is 11.3 Å². The molecule has 0 spiro atoms. The van der Waals surface area contributed by atoms with E-state index >= 15 is 0 Å². The molecule has 18 heavy (non-hydrogen) atoms. The third-order valence-corrected chi connectivity index (χ3v) is 2.67. The lowest BCUT2D eigenvalue weighted by Crippen LogP contribution is -2.21. The van der Waals surface area contributed by atoms with Gasteiger partial charge in [-0.1, -0.05) is 11.6 Å². The molecule has 1 aromatic carbocycles. The SMILES string of the molecule is CNC(=O)CCOc1ccc(Cl)cc1CC(C)N. The molecule has 1 amide bonds. The van der Waals surface area contributed by atoms with Crippen molar-refractivity contribution in [2.24, 2.45) is 5.73 Å². The minimum atomic E-state index is -0.0438. The molecule has 0 saturated heterocycles. The number of benzene rings is 1. The van der Waals surface area contributed by atoms with Crippen LogP contribution in [-0.2, 0) is 11.2 Å². The van der Waals surface area contributed by atoms with Gasteiger partial charge in [0.25, 0.3) is 0 Å². The molecule has 100 valence electrons. The predicted molar refractivity (Wildman–Crippen MR) is 73.0 cm³/mol. The Balaban J connectivity index is 2.66. The Morgan fingerprint density at radius 3 is 2.89 bits per heavy atom. The zero-order valence-corrected chi connectivity index (χ0v) is 11.5. The molecule has 0 aliphatic rings. The third kappa shape index (κ3) is 4.94. The summed E-state index contributed by atoms with van der Waals surface area (Å²) in [5, 5.41) is 3.20. The van der Waals surface area contributed by atoms with Gasteiger partial charge in [0.2, 0.25) is 5.91 Å². The molecule has 0 aromatic heterocycles. The second kappa shape index (κ2) is 7.24. The summed E-state index contributed by atoms with van der Waals surface area (Å²) in [5.74, 6) is 0.693. The molecule has 0 bridgehead atoms. The maximum atomic E-state index is 11.1. The highest BCUT2D eigenvalue weighted by Crippen LogP contribution is 2.24. The third-order valence-electron chi connectivity index (χ3n) is 2.43. The molecule has 1 rings (SSSR count). The number of halogens is 1. The van der Waals surface area contributed by atoms with Gasteiger partial charge in [0.15, 0.2) is 0 Å². The fourth-order valence-electron chi connectivity index (χ4n) is 1.57. The number of amides is 1. The second-order valence-corrected chi connectivity index (χ2v) is 4.64. The van der Waals surface area contributed by atoms with Gasteiger partial charge in [-0.15, -0.1) is 0 Å². The van der Waals surface area contributed by atoms with E-state index in [9.17, 15) is 4.79 Å². The van der Waals surface area contributed by atoms with Gasteiger partial charge in [-0.2, -0.15) is 0 Å². The lowest BCUT2D eigenvalue weighted by molar-refractivity contribution is -0.121. The van der Waals surface area contributed by atoms with Crippen LogP contribution in [0.1, 0.15) is 18.9 Å². The normalized spacial score (nSPS) is 12.0. The number of carbonyl (C=O) groups excluding carboxylic acids is 1. The number of ether oxygens (including phenoxy) is 1. The molecule has 0 saturated carbocycles. The van der Waals surface area contributed by atoms with E-state index in [1.165, 1.54) is 0 Å². The van der Waals surface area contributed by atoms with E-state index in [4.69, 9.17) is 22.1 Å². The first kappa shape index (κ1) is 14.8. The smallest absolute Gasteiger partial charge is 0.223 e. The summed E-state index contributed by atoms with van der Waals surface area (Å²) in [6.45, 7) is 2.27. The van der Waals surface area contributed by atoms with Gasteiger partial charge < -0.3 is 15.8 Å². The number of carbonyl (C=O) groups is 1. The summed E-state index contributed by atoms with van der Waals surface area (Å²) in [4.78, 5) is 11.1. The van der Waals surface area contributed by atoms with Crippen LogP contribution in [0.3, 0.4) is 0 Å². The molecule has 5 heteroatoms. The Kier molecular flexibility index (Phi) is 5.95. The predicted octanol–water partition coefficient (Wildman–Crippen LogP) is 1.74. The van der Waals surface area contributed by atoms with E-state index in [0.29, 0.717) is 24.5 Å². The average Bonchev–Trinajstić information content (AvgIpc) is 2.31. The van der Waals surface area contributed by atoms with Gasteiger partial charge in [-0.25, -0.2) is 0 Å². The largest absolute Gasteiger partial charge is 0.493 e. The minimum absolute atomic E-state index is 0.0322. The topological polar surface area (TPSA) is 64.3 Å². The molecule has 1 atom stereocenters. The summed E-state index contributed by atoms with van der Waals surface area (Å²) < 4.78 is 5.59. The number of nitrogens with one attached hydrogen (secondary N) is 1. The van der Waals surface area contributed by atoms with Gasteiger partial charge in [-0.05, 0) is 37.1 Å². The molecule has 0 fully saturated rings. The van der Waals surface area contributed by atoms with Crippen LogP contribution >= 0.6 is 11.6 Å². The molecule has 0 aliphatic carbocycles. The molecule has 0 heterocycles. The van der Waals surface area contributed by atoms with Crippen LogP contribution in [0.25, 0.3) is 0 Å². The van der Waals surface area contributed by atoms with Gasteiger partial charge in [0.1, 0.15) is 5.75 Å². The Hall–Kier alpha value is -1.26. The van der Waals surface area contributed by atoms with Crippen molar-refractivity contribution in [3.63, 3.8) is 0 Å². The van der Waals surface area contributed by atoms with Gasteiger partial charge in [0.05, 0.1) is 13.0 Å². The molecule has 0 aliphatic heterocycles. The van der Waals surface area contributed by atoms with Crippen molar-refractivity contribution < 1.29 is 9.53 Å². The van der Waals surface area contributed by atoms with Crippen molar-refractivity contribution >= 4 is 17.5 Å². The van der Waals surface area contributed by atoms with Crippen molar-refractivity contribution in [3.05, 3.63) is 28.8 Å². The van der Waals surface area contributed by atoms with E-state index in [1.54, 1.807) is 13.1 Å². The van der Waals surface area contributed by atoms with E-state index in [1.807, 2.05) is 19.1 Å². The fraction of sp³-hybridized carbons (Fsp3) is 0.462. The molecule has 0 radical (unpaired) electrons. The molecular weight excluding hydrogens is 252 g/mol. The van der Waals surface area contributed by atoms with Crippen LogP contribution in [0, 0.1) is 0 Å². The van der Waals surface area contributed by atoms with Crippen LogP contribution in [0.4, 0.5) is 0 Å².